The number of aromatic nitrogens is 3. The molecule has 12 rings (SSSR count). The van der Waals surface area contributed by atoms with E-state index >= 15 is 0 Å². The number of hydrogen-bond acceptors (Lipinski definition) is 1. The average Bonchev–Trinajstić information content (AvgIpc) is 3.87. The van der Waals surface area contributed by atoms with Gasteiger partial charge in [0.2, 0.25) is 11.7 Å². The number of pyridine rings is 1. The quantitative estimate of drug-likeness (QED) is 0.128. The minimum absolute atomic E-state index is 0.0577. The number of imidazole rings is 1. The summed E-state index contributed by atoms with van der Waals surface area (Å²) in [6, 6.07) is 64.4. The van der Waals surface area contributed by atoms with Gasteiger partial charge in [0.05, 0.1) is 14.0 Å². The van der Waals surface area contributed by atoms with Crippen LogP contribution in [0.1, 0.15) is 29.5 Å². The zero-order valence-electron chi connectivity index (χ0n) is 35.3. The molecule has 0 saturated heterocycles. The first-order valence-electron chi connectivity index (χ1n) is 21.9. The number of fused-ring (bicyclic) bond motifs is 15. The van der Waals surface area contributed by atoms with Crippen molar-refractivity contribution >= 4 is 51.9 Å². The molecule has 10 aromatic rings. The molecule has 298 valence electrons. The number of rotatable bonds is 4. The minimum Gasteiger partial charge on any atom is -0.455 e. The van der Waals surface area contributed by atoms with Crippen LogP contribution in [0.5, 0.6) is 0 Å². The molecule has 3 aromatic heterocycles. The van der Waals surface area contributed by atoms with Crippen LogP contribution in [-0.4, -0.2) is 12.6 Å². The van der Waals surface area contributed by atoms with Crippen molar-refractivity contribution in [1.82, 2.24) is 4.57 Å². The van der Waals surface area contributed by atoms with Gasteiger partial charge in [0.1, 0.15) is 16.8 Å². The first kappa shape index (κ1) is 36.7. The number of nitrogens with zero attached hydrogens (tertiary/aromatic N) is 3. The normalized spacial score (nSPS) is 15.9. The van der Waals surface area contributed by atoms with E-state index in [1.165, 1.54) is 27.6 Å². The van der Waals surface area contributed by atoms with Crippen LogP contribution in [0.3, 0.4) is 0 Å². The van der Waals surface area contributed by atoms with E-state index in [1.807, 2.05) is 0 Å². The van der Waals surface area contributed by atoms with E-state index in [0.717, 1.165) is 90.8 Å². The van der Waals surface area contributed by atoms with Gasteiger partial charge in [-0.15, -0.1) is 0 Å². The molecule has 0 radical (unpaired) electrons. The number of hydrogen-bond donors (Lipinski definition) is 0. The molecule has 2 unspecified atom stereocenters. The highest BCUT2D eigenvalue weighted by molar-refractivity contribution is 6.88. The Morgan fingerprint density at radius 2 is 1.29 bits per heavy atom. The fourth-order valence-electron chi connectivity index (χ4n) is 10.7. The molecule has 62 heavy (non-hydrogen) atoms. The Labute approximate surface area is 363 Å². The van der Waals surface area contributed by atoms with Crippen LogP contribution in [0.4, 0.5) is 0 Å². The van der Waals surface area contributed by atoms with Crippen LogP contribution in [0, 0.1) is 0 Å². The minimum atomic E-state index is -1.70. The van der Waals surface area contributed by atoms with Crippen molar-refractivity contribution in [3.63, 3.8) is 0 Å². The smallest absolute Gasteiger partial charge is 0.304 e. The summed E-state index contributed by atoms with van der Waals surface area (Å²) >= 11 is 0. The lowest BCUT2D eigenvalue weighted by Crippen LogP contribution is -2.56. The second kappa shape index (κ2) is 14.0. The lowest BCUT2D eigenvalue weighted by Gasteiger charge is -2.31. The Bertz CT molecular complexity index is 3370. The van der Waals surface area contributed by atoms with E-state index in [1.54, 1.807) is 0 Å². The molecule has 0 aliphatic carbocycles. The van der Waals surface area contributed by atoms with Crippen LogP contribution in [0.2, 0.25) is 19.6 Å². The van der Waals surface area contributed by atoms with Crippen molar-refractivity contribution in [1.29, 1.82) is 0 Å². The summed E-state index contributed by atoms with van der Waals surface area (Å²) in [6.45, 7) is 12.6. The highest BCUT2D eigenvalue weighted by atomic mass is 28.3. The molecule has 2 atom stereocenters. The molecule has 0 spiro atoms. The first-order valence-corrected chi connectivity index (χ1v) is 25.4. The Balaban J connectivity index is 1.27. The number of aryl methyl sites for hydroxylation is 1. The topological polar surface area (TPSA) is 25.8 Å². The summed E-state index contributed by atoms with van der Waals surface area (Å²) in [5, 5.41) is 3.68. The van der Waals surface area contributed by atoms with Gasteiger partial charge in [0.25, 0.3) is 0 Å². The standard InChI is InChI=1S/C57H47N3OSi/c1-37-54-47(44-22-11-12-23-45(44)49-35-32-41(36-58(49)54)62(2,3)4)33-30-40-31-34-48-46-24-13-16-29-52(46)61-56(48)53(40)57-59(37)50-27-14-15-28-51(50)60(57)55-42(38-18-7-5-8-19-38)25-17-26-43(55)39-20-9-6-10-21-39/h5-29,31-32,34-36,47,54H,1,30,33H2,2-4H3/q+2. The number of para-hydroxylation sites is 4. The van der Waals surface area contributed by atoms with Crippen LogP contribution >= 0.6 is 0 Å². The van der Waals surface area contributed by atoms with E-state index in [0.29, 0.717) is 0 Å². The van der Waals surface area contributed by atoms with Crippen LogP contribution < -0.4 is 14.3 Å². The van der Waals surface area contributed by atoms with Crippen molar-refractivity contribution in [2.45, 2.75) is 44.4 Å². The van der Waals surface area contributed by atoms with Gasteiger partial charge in [-0.2, -0.15) is 13.7 Å². The number of benzene rings is 7. The van der Waals surface area contributed by atoms with Crippen molar-refractivity contribution in [2.24, 2.45) is 0 Å². The molecular weight excluding hydrogens is 771 g/mol. The molecule has 0 saturated carbocycles. The van der Waals surface area contributed by atoms with Crippen molar-refractivity contribution in [3.05, 3.63) is 200 Å². The third-order valence-electron chi connectivity index (χ3n) is 13.6. The zero-order chi connectivity index (χ0) is 41.7. The lowest BCUT2D eigenvalue weighted by atomic mass is 9.78. The first-order chi connectivity index (χ1) is 30.3. The molecule has 0 bridgehead atoms. The highest BCUT2D eigenvalue weighted by Gasteiger charge is 2.48. The maximum Gasteiger partial charge on any atom is 0.304 e. The summed E-state index contributed by atoms with van der Waals surface area (Å²) < 4.78 is 14.8. The summed E-state index contributed by atoms with van der Waals surface area (Å²) in [4.78, 5) is 0. The van der Waals surface area contributed by atoms with Gasteiger partial charge in [-0.05, 0) is 65.9 Å². The van der Waals surface area contributed by atoms with Crippen molar-refractivity contribution in [2.75, 3.05) is 0 Å². The van der Waals surface area contributed by atoms with E-state index in [-0.39, 0.29) is 12.0 Å². The predicted octanol–water partition coefficient (Wildman–Crippen LogP) is 13.1. The third-order valence-corrected chi connectivity index (χ3v) is 15.6. The third kappa shape index (κ3) is 5.51. The van der Waals surface area contributed by atoms with Crippen LogP contribution in [-0.2, 0) is 6.42 Å². The summed E-state index contributed by atoms with van der Waals surface area (Å²) in [7, 11) is -1.70. The maximum absolute atomic E-state index is 7.12. The van der Waals surface area contributed by atoms with Crippen molar-refractivity contribution in [3.8, 4) is 50.6 Å². The fraction of sp³-hybridized carbons (Fsp3) is 0.123. The molecule has 0 N–H and O–H groups in total. The molecule has 5 heteroatoms. The largest absolute Gasteiger partial charge is 0.455 e. The second-order valence-electron chi connectivity index (χ2n) is 18.1. The fourth-order valence-corrected chi connectivity index (χ4v) is 11.8. The molecule has 2 aliphatic heterocycles. The molecule has 2 aliphatic rings. The molecule has 0 amide bonds. The van der Waals surface area contributed by atoms with E-state index in [9.17, 15) is 0 Å². The van der Waals surface area contributed by atoms with Gasteiger partial charge < -0.3 is 4.42 Å². The second-order valence-corrected chi connectivity index (χ2v) is 23.2. The van der Waals surface area contributed by atoms with Gasteiger partial charge in [0, 0.05) is 38.7 Å². The van der Waals surface area contributed by atoms with Crippen LogP contribution in [0.15, 0.2) is 193 Å². The predicted molar refractivity (Wildman–Crippen MR) is 258 cm³/mol. The highest BCUT2D eigenvalue weighted by Crippen LogP contribution is 2.49. The maximum atomic E-state index is 7.12. The number of furan rings is 1. The van der Waals surface area contributed by atoms with Crippen molar-refractivity contribution < 1.29 is 13.6 Å². The Kier molecular flexibility index (Phi) is 8.29. The van der Waals surface area contributed by atoms with Gasteiger partial charge >= 0.3 is 5.82 Å². The SMILES string of the molecule is C=C1C2C(CCc3ccc4c(oc5ccccc54)c3-c3n(-c4c(-c5ccccc5)cccc4-c4ccccc4)c4ccccc4[n+]31)c1ccccc1-c1ccc([Si](C)(C)C)c[n+]12. The van der Waals surface area contributed by atoms with Gasteiger partial charge in [-0.1, -0.05) is 165 Å². The monoisotopic (exact) mass is 817 g/mol. The Hall–Kier alpha value is -7.08. The van der Waals surface area contributed by atoms with Gasteiger partial charge in [-0.25, -0.2) is 0 Å². The van der Waals surface area contributed by atoms with Gasteiger partial charge in [0.15, 0.2) is 28.5 Å². The number of allylic oxidation sites excluding steroid dienone is 1. The molecule has 7 aromatic carbocycles. The average molecular weight is 818 g/mol. The Morgan fingerprint density at radius 1 is 0.629 bits per heavy atom. The molecule has 5 heterocycles. The van der Waals surface area contributed by atoms with Crippen LogP contribution in [0.25, 0.3) is 89.3 Å². The molecular formula is C57H47N3OSi+2. The van der Waals surface area contributed by atoms with Gasteiger partial charge in [-0.3, -0.25) is 0 Å². The molecule has 0 fully saturated rings. The zero-order valence-corrected chi connectivity index (χ0v) is 36.3. The van der Waals surface area contributed by atoms with E-state index < -0.39 is 8.07 Å². The summed E-state index contributed by atoms with van der Waals surface area (Å²) in [5.74, 6) is 1.23. The summed E-state index contributed by atoms with van der Waals surface area (Å²) in [6.07, 6.45) is 4.30. The summed E-state index contributed by atoms with van der Waals surface area (Å²) in [5.41, 5.74) is 17.2. The Morgan fingerprint density at radius 3 is 2.05 bits per heavy atom. The van der Waals surface area contributed by atoms with E-state index in [2.05, 4.69) is 215 Å². The van der Waals surface area contributed by atoms with E-state index in [4.69, 9.17) is 11.0 Å². The molecule has 4 nitrogen and oxygen atoms in total. The lowest BCUT2D eigenvalue weighted by molar-refractivity contribution is -0.723.